The molecule has 0 unspecified atom stereocenters. The van der Waals surface area contributed by atoms with E-state index in [1.165, 1.54) is 9.13 Å². The summed E-state index contributed by atoms with van der Waals surface area (Å²) in [6.07, 6.45) is 3.78. The van der Waals surface area contributed by atoms with Crippen LogP contribution in [0.4, 0.5) is 0 Å². The summed E-state index contributed by atoms with van der Waals surface area (Å²) in [7, 11) is 1.79. The largest absolute Gasteiger partial charge is 0.332 e. The van der Waals surface area contributed by atoms with E-state index < -0.39 is 0 Å². The first kappa shape index (κ1) is 17.4. The zero-order chi connectivity index (χ0) is 18.1. The molecule has 0 aliphatic rings. The van der Waals surface area contributed by atoms with Crippen LogP contribution in [0.2, 0.25) is 0 Å². The fourth-order valence-electron chi connectivity index (χ4n) is 2.87. The number of hydrogen-bond donors (Lipinski definition) is 0. The van der Waals surface area contributed by atoms with E-state index in [-0.39, 0.29) is 11.2 Å². The molecule has 0 aliphatic heterocycles. The Morgan fingerprint density at radius 1 is 1.12 bits per heavy atom. The first-order chi connectivity index (χ1) is 12.0. The minimum Gasteiger partial charge on any atom is -0.322 e. The first-order valence-electron chi connectivity index (χ1n) is 8.11. The van der Waals surface area contributed by atoms with Crippen LogP contribution in [0.15, 0.2) is 38.3 Å². The summed E-state index contributed by atoms with van der Waals surface area (Å²) in [5.41, 5.74) is 1.27. The van der Waals surface area contributed by atoms with Crippen LogP contribution < -0.4 is 11.2 Å². The summed E-state index contributed by atoms with van der Waals surface area (Å²) in [5, 5.41) is 0. The monoisotopic (exact) mass is 402 g/mol. The molecule has 6 nitrogen and oxygen atoms in total. The maximum absolute atomic E-state index is 12.7. The Hall–Kier alpha value is -2.41. The lowest BCUT2D eigenvalue weighted by molar-refractivity contribution is 0.604. The van der Waals surface area contributed by atoms with Gasteiger partial charge >= 0.3 is 5.69 Å². The van der Waals surface area contributed by atoms with Crippen molar-refractivity contribution < 1.29 is 0 Å². The van der Waals surface area contributed by atoms with Crippen LogP contribution in [0.5, 0.6) is 0 Å². The molecule has 1 aromatic carbocycles. The van der Waals surface area contributed by atoms with Crippen LogP contribution in [0.3, 0.4) is 0 Å². The standard InChI is InChI=1S/C18H19BrN4O2/c1-4-22-16-15(17(24)23(5-2)18(22)25)21(3)14(20-16)10-9-12-7-6-8-13(19)11-12/h6-11H,4-5H2,1-3H3. The van der Waals surface area contributed by atoms with Gasteiger partial charge in [0.25, 0.3) is 5.56 Å². The van der Waals surface area contributed by atoms with E-state index in [4.69, 9.17) is 0 Å². The molecular weight excluding hydrogens is 384 g/mol. The van der Waals surface area contributed by atoms with Gasteiger partial charge < -0.3 is 4.57 Å². The van der Waals surface area contributed by atoms with Crippen molar-refractivity contribution in [2.45, 2.75) is 26.9 Å². The quantitative estimate of drug-likeness (QED) is 0.673. The van der Waals surface area contributed by atoms with Gasteiger partial charge in [-0.25, -0.2) is 9.78 Å². The zero-order valence-electron chi connectivity index (χ0n) is 14.4. The molecule has 0 saturated carbocycles. The molecule has 0 fully saturated rings. The Bertz CT molecular complexity index is 1090. The van der Waals surface area contributed by atoms with Gasteiger partial charge in [-0.1, -0.05) is 34.1 Å². The van der Waals surface area contributed by atoms with Crippen LogP contribution >= 0.6 is 15.9 Å². The molecular formula is C18H19BrN4O2. The number of fused-ring (bicyclic) bond motifs is 1. The van der Waals surface area contributed by atoms with E-state index in [0.29, 0.717) is 30.1 Å². The highest BCUT2D eigenvalue weighted by atomic mass is 79.9. The van der Waals surface area contributed by atoms with Crippen LogP contribution in [0.1, 0.15) is 25.2 Å². The molecule has 130 valence electrons. The summed E-state index contributed by atoms with van der Waals surface area (Å²) in [6.45, 7) is 4.46. The Kier molecular flexibility index (Phi) is 4.76. The van der Waals surface area contributed by atoms with Gasteiger partial charge in [-0.2, -0.15) is 0 Å². The first-order valence-corrected chi connectivity index (χ1v) is 8.91. The second-order valence-electron chi connectivity index (χ2n) is 5.67. The molecule has 3 rings (SSSR count). The lowest BCUT2D eigenvalue weighted by Crippen LogP contribution is -2.39. The number of nitrogens with zero attached hydrogens (tertiary/aromatic N) is 4. The average molecular weight is 403 g/mol. The van der Waals surface area contributed by atoms with E-state index in [9.17, 15) is 9.59 Å². The van der Waals surface area contributed by atoms with Crippen LogP contribution in [0, 0.1) is 0 Å². The molecule has 25 heavy (non-hydrogen) atoms. The van der Waals surface area contributed by atoms with Gasteiger partial charge in [0.15, 0.2) is 11.2 Å². The summed E-state index contributed by atoms with van der Waals surface area (Å²) >= 11 is 3.45. The summed E-state index contributed by atoms with van der Waals surface area (Å²) in [4.78, 5) is 29.6. The summed E-state index contributed by atoms with van der Waals surface area (Å²) in [6, 6.07) is 7.88. The summed E-state index contributed by atoms with van der Waals surface area (Å²) < 4.78 is 5.51. The zero-order valence-corrected chi connectivity index (χ0v) is 15.9. The number of hydrogen-bond acceptors (Lipinski definition) is 3. The van der Waals surface area contributed by atoms with Crippen LogP contribution in [-0.2, 0) is 20.1 Å². The Balaban J connectivity index is 2.22. The van der Waals surface area contributed by atoms with Crippen molar-refractivity contribution in [1.82, 2.24) is 18.7 Å². The van der Waals surface area contributed by atoms with Gasteiger partial charge in [0.2, 0.25) is 0 Å². The normalized spacial score (nSPS) is 11.7. The predicted octanol–water partition coefficient (Wildman–Crippen LogP) is 2.87. The second kappa shape index (κ2) is 6.84. The molecule has 0 bridgehead atoms. The van der Waals surface area contributed by atoms with E-state index in [0.717, 1.165) is 10.0 Å². The molecule has 0 aliphatic carbocycles. The van der Waals surface area contributed by atoms with E-state index in [1.807, 2.05) is 43.3 Å². The Labute approximate surface area is 153 Å². The number of aryl methyl sites for hydroxylation is 2. The SMILES string of the molecule is CCn1c(=O)c2c(nc(C=Cc3cccc(Br)c3)n2C)n(CC)c1=O. The Morgan fingerprint density at radius 2 is 1.84 bits per heavy atom. The molecule has 3 aromatic rings. The van der Waals surface area contributed by atoms with Crippen LogP contribution in [-0.4, -0.2) is 18.7 Å². The Morgan fingerprint density at radius 3 is 2.48 bits per heavy atom. The third kappa shape index (κ3) is 3.00. The van der Waals surface area contributed by atoms with Crippen molar-refractivity contribution in [1.29, 1.82) is 0 Å². The van der Waals surface area contributed by atoms with E-state index in [2.05, 4.69) is 20.9 Å². The third-order valence-corrected chi connectivity index (χ3v) is 4.68. The number of aromatic nitrogens is 4. The van der Waals surface area contributed by atoms with E-state index in [1.54, 1.807) is 18.5 Å². The highest BCUT2D eigenvalue weighted by Crippen LogP contribution is 2.16. The highest BCUT2D eigenvalue weighted by Gasteiger charge is 2.17. The number of rotatable bonds is 4. The van der Waals surface area contributed by atoms with Crippen LogP contribution in [0.25, 0.3) is 23.3 Å². The maximum atomic E-state index is 12.7. The van der Waals surface area contributed by atoms with Crippen molar-refractivity contribution in [3.05, 3.63) is 61.0 Å². The van der Waals surface area contributed by atoms with Gasteiger partial charge in [-0.05, 0) is 37.6 Å². The molecule has 0 N–H and O–H groups in total. The van der Waals surface area contributed by atoms with Crippen molar-refractivity contribution in [3.63, 3.8) is 0 Å². The molecule has 0 spiro atoms. The molecule has 0 atom stereocenters. The second-order valence-corrected chi connectivity index (χ2v) is 6.58. The molecule has 0 saturated heterocycles. The number of imidazole rings is 1. The maximum Gasteiger partial charge on any atom is 0.332 e. The minimum atomic E-state index is -0.317. The van der Waals surface area contributed by atoms with Crippen molar-refractivity contribution in [2.75, 3.05) is 0 Å². The van der Waals surface area contributed by atoms with Crippen molar-refractivity contribution in [3.8, 4) is 0 Å². The smallest absolute Gasteiger partial charge is 0.322 e. The summed E-state index contributed by atoms with van der Waals surface area (Å²) in [5.74, 6) is 0.627. The van der Waals surface area contributed by atoms with Crippen molar-refractivity contribution >= 4 is 39.2 Å². The number of benzene rings is 1. The van der Waals surface area contributed by atoms with Gasteiger partial charge in [0.1, 0.15) is 5.82 Å². The predicted molar refractivity (Wildman–Crippen MR) is 104 cm³/mol. The topological polar surface area (TPSA) is 61.8 Å². The molecule has 2 heterocycles. The fourth-order valence-corrected chi connectivity index (χ4v) is 3.29. The highest BCUT2D eigenvalue weighted by molar-refractivity contribution is 9.10. The van der Waals surface area contributed by atoms with E-state index >= 15 is 0 Å². The third-order valence-electron chi connectivity index (χ3n) is 4.18. The molecule has 7 heteroatoms. The lowest BCUT2D eigenvalue weighted by atomic mass is 10.2. The fraction of sp³-hybridized carbons (Fsp3) is 0.278. The average Bonchev–Trinajstić information content (AvgIpc) is 2.91. The molecule has 2 aromatic heterocycles. The van der Waals surface area contributed by atoms with Gasteiger partial charge in [-0.15, -0.1) is 0 Å². The van der Waals surface area contributed by atoms with Crippen molar-refractivity contribution in [2.24, 2.45) is 7.05 Å². The van der Waals surface area contributed by atoms with Gasteiger partial charge in [0, 0.05) is 24.6 Å². The molecule has 0 radical (unpaired) electrons. The minimum absolute atomic E-state index is 0.302. The van der Waals surface area contributed by atoms with Gasteiger partial charge in [0.05, 0.1) is 0 Å². The van der Waals surface area contributed by atoms with Gasteiger partial charge in [-0.3, -0.25) is 13.9 Å². The molecule has 0 amide bonds. The lowest BCUT2D eigenvalue weighted by Gasteiger charge is -2.08. The number of halogens is 1.